The topological polar surface area (TPSA) is 23.6 Å². The van der Waals surface area contributed by atoms with Crippen molar-refractivity contribution in [3.05, 3.63) is 0 Å². The minimum Gasteiger partial charge on any atom is -0.362 e. The Labute approximate surface area is 66.6 Å². The zero-order valence-corrected chi connectivity index (χ0v) is 7.31. The van der Waals surface area contributed by atoms with Crippen molar-refractivity contribution in [3.8, 4) is 0 Å². The van der Waals surface area contributed by atoms with Crippen LogP contribution < -0.4 is 0 Å². The number of likely N-dealkylation sites (N-methyl/N-ethyl adjacent to an activating group) is 2. The molecule has 0 N–H and O–H groups in total. The maximum Gasteiger partial charge on any atom is 0.241 e. The fraction of sp³-hybridized carbons (Fsp3) is 0.667. The third kappa shape index (κ3) is 3.40. The summed E-state index contributed by atoms with van der Waals surface area (Å²) in [5.74, 6) is 0.0589. The Bertz CT molecular complexity index is 136. The molecule has 0 fully saturated rings. The van der Waals surface area contributed by atoms with E-state index in [1.165, 1.54) is 10.4 Å². The summed E-state index contributed by atoms with van der Waals surface area (Å²) < 4.78 is 0. The van der Waals surface area contributed by atoms with E-state index in [4.69, 9.17) is 0 Å². The lowest BCUT2D eigenvalue weighted by Gasteiger charge is -2.15. The molecule has 0 radical (unpaired) electrons. The minimum atomic E-state index is 0.0589. The molecule has 0 spiro atoms. The van der Waals surface area contributed by atoms with Crippen molar-refractivity contribution in [2.75, 3.05) is 27.7 Å². The first-order chi connectivity index (χ1) is 4.57. The molecule has 0 bridgehead atoms. The van der Waals surface area contributed by atoms with Gasteiger partial charge in [0.1, 0.15) is 0 Å². The van der Waals surface area contributed by atoms with Crippen molar-refractivity contribution in [3.63, 3.8) is 0 Å². The highest BCUT2D eigenvalue weighted by Crippen LogP contribution is 1.82. The van der Waals surface area contributed by atoms with Crippen LogP contribution in [0.5, 0.6) is 0 Å². The Balaban J connectivity index is 3.68. The smallest absolute Gasteiger partial charge is 0.241 e. The first-order valence-electron chi connectivity index (χ1n) is 2.93. The Hall–Kier alpha value is -0.640. The molecule has 0 saturated heterocycles. The number of rotatable bonds is 3. The quantitative estimate of drug-likeness (QED) is 0.541. The predicted octanol–water partition coefficient (Wildman–Crippen LogP) is -0.0364. The fourth-order valence-corrected chi connectivity index (χ4v) is 0.467. The van der Waals surface area contributed by atoms with Crippen LogP contribution in [0.15, 0.2) is 0 Å². The van der Waals surface area contributed by atoms with Gasteiger partial charge in [-0.3, -0.25) is 4.79 Å². The lowest BCUT2D eigenvalue weighted by molar-refractivity contribution is -0.128. The second-order valence-corrected chi connectivity index (χ2v) is 2.52. The normalized spacial score (nSPS) is 8.70. The Morgan fingerprint density at radius 2 is 2.00 bits per heavy atom. The van der Waals surface area contributed by atoms with Crippen molar-refractivity contribution < 1.29 is 4.79 Å². The third-order valence-electron chi connectivity index (χ3n) is 1.06. The maximum atomic E-state index is 10.9. The van der Waals surface area contributed by atoms with E-state index in [1.54, 1.807) is 26.0 Å². The molecule has 0 rings (SSSR count). The molecule has 4 heteroatoms. The second-order valence-electron chi connectivity index (χ2n) is 2.31. The Morgan fingerprint density at radius 3 is 2.30 bits per heavy atom. The van der Waals surface area contributed by atoms with Crippen LogP contribution in [0.3, 0.4) is 0 Å². The fourth-order valence-electron chi connectivity index (χ4n) is 0.392. The summed E-state index contributed by atoms with van der Waals surface area (Å²) in [4.78, 5) is 14.1. The number of amides is 1. The van der Waals surface area contributed by atoms with Crippen molar-refractivity contribution in [2.45, 2.75) is 0 Å². The Kier molecular flexibility index (Phi) is 3.95. The van der Waals surface area contributed by atoms with Crippen LogP contribution in [0.4, 0.5) is 0 Å². The highest BCUT2D eigenvalue weighted by atomic mass is 32.1. The van der Waals surface area contributed by atoms with Gasteiger partial charge in [-0.2, -0.15) is 0 Å². The van der Waals surface area contributed by atoms with E-state index in [9.17, 15) is 4.79 Å². The van der Waals surface area contributed by atoms with E-state index in [0.717, 1.165) is 0 Å². The summed E-state index contributed by atoms with van der Waals surface area (Å²) in [6, 6.07) is 0. The monoisotopic (exact) mass is 160 g/mol. The molecule has 0 aliphatic heterocycles. The lowest BCUT2D eigenvalue weighted by Crippen LogP contribution is -2.33. The summed E-state index contributed by atoms with van der Waals surface area (Å²) in [5, 5.41) is 0. The number of hydrogen-bond donors (Lipinski definition) is 0. The zero-order valence-electron chi connectivity index (χ0n) is 6.50. The van der Waals surface area contributed by atoms with Gasteiger partial charge in [-0.15, -0.1) is 0 Å². The second kappa shape index (κ2) is 4.22. The molecule has 1 amide bonds. The van der Waals surface area contributed by atoms with E-state index in [1.807, 2.05) is 0 Å². The number of carbonyl (C=O) groups is 1. The van der Waals surface area contributed by atoms with Gasteiger partial charge in [0, 0.05) is 21.1 Å². The van der Waals surface area contributed by atoms with Gasteiger partial charge in [-0.05, 0) is 0 Å². The number of thiocarbonyl (C=S) groups is 1. The molecule has 0 unspecified atom stereocenters. The summed E-state index contributed by atoms with van der Waals surface area (Å²) in [6.07, 6.45) is 0. The van der Waals surface area contributed by atoms with Crippen molar-refractivity contribution in [1.29, 1.82) is 0 Å². The molecule has 0 heterocycles. The number of nitrogens with zero attached hydrogens (tertiary/aromatic N) is 2. The van der Waals surface area contributed by atoms with Crippen LogP contribution in [0.25, 0.3) is 0 Å². The van der Waals surface area contributed by atoms with Gasteiger partial charge in [0.05, 0.1) is 12.0 Å². The predicted molar refractivity (Wildman–Crippen MR) is 45.0 cm³/mol. The first kappa shape index (κ1) is 9.36. The lowest BCUT2D eigenvalue weighted by atomic mass is 10.5. The molecule has 0 atom stereocenters. The van der Waals surface area contributed by atoms with Crippen molar-refractivity contribution in [1.82, 2.24) is 9.80 Å². The van der Waals surface area contributed by atoms with Crippen molar-refractivity contribution in [2.24, 2.45) is 0 Å². The molecule has 58 valence electrons. The first-order valence-corrected chi connectivity index (χ1v) is 3.40. The summed E-state index contributed by atoms with van der Waals surface area (Å²) >= 11 is 4.61. The summed E-state index contributed by atoms with van der Waals surface area (Å²) in [7, 11) is 5.22. The van der Waals surface area contributed by atoms with Gasteiger partial charge in [0.2, 0.25) is 5.91 Å². The number of carbonyl (C=O) groups excluding carboxylic acids is 1. The largest absolute Gasteiger partial charge is 0.362 e. The summed E-state index contributed by atoms with van der Waals surface area (Å²) in [6.45, 7) is 0.358. The van der Waals surface area contributed by atoms with Crippen molar-refractivity contribution >= 4 is 23.6 Å². The standard InChI is InChI=1S/C6H12N2OS/c1-7(2)6(9)4-8(3)5-10/h5H,4H2,1-3H3. The van der Waals surface area contributed by atoms with Gasteiger partial charge in [-0.1, -0.05) is 12.2 Å². The van der Waals surface area contributed by atoms with Crippen LogP contribution in [0.1, 0.15) is 0 Å². The van der Waals surface area contributed by atoms with Gasteiger partial charge in [-0.25, -0.2) is 0 Å². The molecule has 0 aliphatic rings. The molecule has 0 aromatic rings. The van der Waals surface area contributed by atoms with Gasteiger partial charge in [0.15, 0.2) is 0 Å². The van der Waals surface area contributed by atoms with E-state index in [2.05, 4.69) is 12.2 Å². The van der Waals surface area contributed by atoms with E-state index in [0.29, 0.717) is 6.54 Å². The van der Waals surface area contributed by atoms with Crippen LogP contribution in [0.2, 0.25) is 0 Å². The van der Waals surface area contributed by atoms with Crippen LogP contribution >= 0.6 is 12.2 Å². The minimum absolute atomic E-state index is 0.0589. The highest BCUT2D eigenvalue weighted by Gasteiger charge is 2.03. The molecule has 0 aliphatic carbocycles. The van der Waals surface area contributed by atoms with E-state index < -0.39 is 0 Å². The van der Waals surface area contributed by atoms with Gasteiger partial charge < -0.3 is 9.80 Å². The molecule has 0 aromatic carbocycles. The van der Waals surface area contributed by atoms with Gasteiger partial charge >= 0.3 is 0 Å². The Morgan fingerprint density at radius 1 is 1.50 bits per heavy atom. The zero-order chi connectivity index (χ0) is 8.15. The van der Waals surface area contributed by atoms with Crippen LogP contribution in [0, 0.1) is 0 Å². The molecular formula is C6H12N2OS. The molecule has 3 nitrogen and oxygen atoms in total. The molecule has 10 heavy (non-hydrogen) atoms. The maximum absolute atomic E-state index is 10.9. The average Bonchev–Trinajstić information content (AvgIpc) is 1.87. The van der Waals surface area contributed by atoms with E-state index in [-0.39, 0.29) is 5.91 Å². The third-order valence-corrected chi connectivity index (χ3v) is 1.42. The number of hydrogen-bond acceptors (Lipinski definition) is 2. The summed E-state index contributed by atoms with van der Waals surface area (Å²) in [5.41, 5.74) is 1.46. The molecule has 0 saturated carbocycles. The highest BCUT2D eigenvalue weighted by molar-refractivity contribution is 7.78. The van der Waals surface area contributed by atoms with Crippen LogP contribution in [-0.2, 0) is 4.79 Å². The average molecular weight is 160 g/mol. The molecular weight excluding hydrogens is 148 g/mol. The molecule has 0 aromatic heterocycles. The van der Waals surface area contributed by atoms with Gasteiger partial charge in [0.25, 0.3) is 0 Å². The van der Waals surface area contributed by atoms with Crippen LogP contribution in [-0.4, -0.2) is 48.9 Å². The van der Waals surface area contributed by atoms with E-state index >= 15 is 0 Å². The SMILES string of the molecule is CN(C=S)CC(=O)N(C)C.